The predicted octanol–water partition coefficient (Wildman–Crippen LogP) is 0.292. The van der Waals surface area contributed by atoms with Crippen molar-refractivity contribution in [2.24, 2.45) is 7.05 Å². The molecule has 26 heavy (non-hydrogen) atoms. The summed E-state index contributed by atoms with van der Waals surface area (Å²) in [5.74, 6) is -0.433. The van der Waals surface area contributed by atoms with Crippen LogP contribution < -0.4 is 10.5 Å². The fourth-order valence-corrected chi connectivity index (χ4v) is 2.82. The number of carbonyl (C=O) groups excluding carboxylic acids is 1. The number of amides is 1. The van der Waals surface area contributed by atoms with Crippen molar-refractivity contribution in [1.29, 1.82) is 0 Å². The molecule has 0 unspecified atom stereocenters. The molecule has 1 atom stereocenters. The van der Waals surface area contributed by atoms with E-state index in [2.05, 4.69) is 9.97 Å². The van der Waals surface area contributed by atoms with E-state index in [4.69, 9.17) is 4.74 Å². The number of pyridine rings is 1. The molecule has 1 amide bonds. The number of aryl methyl sites for hydroxylation is 1. The second kappa shape index (κ2) is 7.61. The summed E-state index contributed by atoms with van der Waals surface area (Å²) in [6.07, 6.45) is 3.90. The van der Waals surface area contributed by atoms with Crippen molar-refractivity contribution in [3.8, 4) is 0 Å². The van der Waals surface area contributed by atoms with Gasteiger partial charge >= 0.3 is 0 Å². The van der Waals surface area contributed by atoms with E-state index in [1.807, 2.05) is 0 Å². The van der Waals surface area contributed by atoms with Crippen LogP contribution in [0.1, 0.15) is 10.5 Å². The molecule has 0 N–H and O–H groups in total. The van der Waals surface area contributed by atoms with E-state index in [1.54, 1.807) is 36.3 Å². The van der Waals surface area contributed by atoms with Crippen molar-refractivity contribution in [2.75, 3.05) is 38.2 Å². The standard InChI is InChI=1S/C17H20FN5O3/c1-21-6-5-19-15(17(21)25)22(2)10-13-11-23(7-8-26-13)16(24)14-4-3-12(18)9-20-14/h3-6,9,13H,7-8,10-11H2,1-2H3/t13-/m0/s1. The number of hydrogen-bond donors (Lipinski definition) is 0. The molecule has 1 fully saturated rings. The molecule has 2 aromatic heterocycles. The average Bonchev–Trinajstić information content (AvgIpc) is 2.64. The minimum Gasteiger partial charge on any atom is -0.373 e. The molecule has 0 saturated carbocycles. The quantitative estimate of drug-likeness (QED) is 0.779. The van der Waals surface area contributed by atoms with E-state index in [1.165, 1.54) is 16.7 Å². The number of aromatic nitrogens is 3. The third-order valence-electron chi connectivity index (χ3n) is 4.21. The molecule has 0 spiro atoms. The topological polar surface area (TPSA) is 80.6 Å². The summed E-state index contributed by atoms with van der Waals surface area (Å²) >= 11 is 0. The van der Waals surface area contributed by atoms with Gasteiger partial charge in [-0.15, -0.1) is 0 Å². The Morgan fingerprint density at radius 3 is 2.96 bits per heavy atom. The van der Waals surface area contributed by atoms with Gasteiger partial charge in [0.15, 0.2) is 5.82 Å². The van der Waals surface area contributed by atoms with Gasteiger partial charge in [0.25, 0.3) is 11.5 Å². The Morgan fingerprint density at radius 1 is 1.42 bits per heavy atom. The second-order valence-electron chi connectivity index (χ2n) is 6.15. The Hall–Kier alpha value is -2.81. The number of ether oxygens (including phenoxy) is 1. The van der Waals surface area contributed by atoms with Crippen molar-refractivity contribution < 1.29 is 13.9 Å². The summed E-state index contributed by atoms with van der Waals surface area (Å²) in [6.45, 7) is 1.58. The number of rotatable bonds is 4. The highest BCUT2D eigenvalue weighted by Gasteiger charge is 2.27. The van der Waals surface area contributed by atoms with Crippen LogP contribution in [0.5, 0.6) is 0 Å². The molecule has 1 aliphatic rings. The Balaban J connectivity index is 1.66. The molecule has 0 aromatic carbocycles. The van der Waals surface area contributed by atoms with Crippen molar-refractivity contribution in [1.82, 2.24) is 19.4 Å². The maximum atomic E-state index is 13.0. The molecule has 0 bridgehead atoms. The minimum atomic E-state index is -0.486. The number of nitrogens with zero attached hydrogens (tertiary/aromatic N) is 5. The lowest BCUT2D eigenvalue weighted by Gasteiger charge is -2.34. The van der Waals surface area contributed by atoms with Gasteiger partial charge in [0.05, 0.1) is 18.9 Å². The normalized spacial score (nSPS) is 17.2. The second-order valence-corrected chi connectivity index (χ2v) is 6.15. The first-order valence-corrected chi connectivity index (χ1v) is 8.21. The Kier molecular flexibility index (Phi) is 5.27. The lowest BCUT2D eigenvalue weighted by atomic mass is 10.2. The van der Waals surface area contributed by atoms with Crippen LogP contribution in [-0.4, -0.2) is 64.7 Å². The maximum absolute atomic E-state index is 13.0. The van der Waals surface area contributed by atoms with Crippen LogP contribution in [0.15, 0.2) is 35.5 Å². The van der Waals surface area contributed by atoms with Gasteiger partial charge in [-0.2, -0.15) is 0 Å². The van der Waals surface area contributed by atoms with Gasteiger partial charge in [-0.3, -0.25) is 9.59 Å². The number of carbonyl (C=O) groups is 1. The Bertz CT molecular complexity index is 839. The third kappa shape index (κ3) is 3.88. The molecule has 1 saturated heterocycles. The molecule has 3 rings (SSSR count). The highest BCUT2D eigenvalue weighted by molar-refractivity contribution is 5.92. The molecular formula is C17H20FN5O3. The van der Waals surface area contributed by atoms with Gasteiger partial charge in [-0.05, 0) is 12.1 Å². The smallest absolute Gasteiger partial charge is 0.293 e. The van der Waals surface area contributed by atoms with E-state index >= 15 is 0 Å². The number of likely N-dealkylation sites (N-methyl/N-ethyl adjacent to an activating group) is 1. The van der Waals surface area contributed by atoms with Gasteiger partial charge in [-0.1, -0.05) is 0 Å². The van der Waals surface area contributed by atoms with E-state index in [0.717, 1.165) is 6.20 Å². The monoisotopic (exact) mass is 361 g/mol. The van der Waals surface area contributed by atoms with E-state index in [0.29, 0.717) is 32.1 Å². The van der Waals surface area contributed by atoms with Gasteiger partial charge in [0, 0.05) is 46.1 Å². The zero-order valence-corrected chi connectivity index (χ0v) is 14.6. The van der Waals surface area contributed by atoms with Gasteiger partial charge in [0.2, 0.25) is 0 Å². The summed E-state index contributed by atoms with van der Waals surface area (Å²) in [4.78, 5) is 36.0. The van der Waals surface area contributed by atoms with Gasteiger partial charge in [-0.25, -0.2) is 14.4 Å². The van der Waals surface area contributed by atoms with E-state index in [9.17, 15) is 14.0 Å². The van der Waals surface area contributed by atoms with Crippen LogP contribution in [0, 0.1) is 5.82 Å². The van der Waals surface area contributed by atoms with Crippen molar-refractivity contribution in [3.63, 3.8) is 0 Å². The first-order valence-electron chi connectivity index (χ1n) is 8.21. The fourth-order valence-electron chi connectivity index (χ4n) is 2.82. The van der Waals surface area contributed by atoms with Crippen LogP contribution in [0.2, 0.25) is 0 Å². The highest BCUT2D eigenvalue weighted by Crippen LogP contribution is 2.12. The number of morpholine rings is 1. The van der Waals surface area contributed by atoms with Crippen molar-refractivity contribution >= 4 is 11.7 Å². The van der Waals surface area contributed by atoms with Gasteiger partial charge in [0.1, 0.15) is 11.5 Å². The Morgan fingerprint density at radius 2 is 2.23 bits per heavy atom. The van der Waals surface area contributed by atoms with Crippen LogP contribution in [-0.2, 0) is 11.8 Å². The molecule has 0 radical (unpaired) electrons. The third-order valence-corrected chi connectivity index (χ3v) is 4.21. The molecule has 8 nitrogen and oxygen atoms in total. The van der Waals surface area contributed by atoms with E-state index < -0.39 is 5.82 Å². The van der Waals surface area contributed by atoms with Gasteiger partial charge < -0.3 is 19.1 Å². The van der Waals surface area contributed by atoms with E-state index in [-0.39, 0.29) is 23.3 Å². The number of hydrogen-bond acceptors (Lipinski definition) is 6. The zero-order valence-electron chi connectivity index (χ0n) is 14.6. The van der Waals surface area contributed by atoms with Crippen molar-refractivity contribution in [3.05, 3.63) is 52.6 Å². The maximum Gasteiger partial charge on any atom is 0.293 e. The largest absolute Gasteiger partial charge is 0.373 e. The SMILES string of the molecule is CN(C[C@H]1CN(C(=O)c2ccc(F)cn2)CCO1)c1nccn(C)c1=O. The predicted molar refractivity (Wildman–Crippen MR) is 92.6 cm³/mol. The van der Waals surface area contributed by atoms with Crippen LogP contribution >= 0.6 is 0 Å². The fraction of sp³-hybridized carbons (Fsp3) is 0.412. The molecular weight excluding hydrogens is 341 g/mol. The lowest BCUT2D eigenvalue weighted by molar-refractivity contribution is -0.0174. The highest BCUT2D eigenvalue weighted by atomic mass is 19.1. The minimum absolute atomic E-state index is 0.194. The average molecular weight is 361 g/mol. The molecule has 0 aliphatic carbocycles. The Labute approximate surface area is 149 Å². The zero-order chi connectivity index (χ0) is 18.7. The molecule has 2 aromatic rings. The van der Waals surface area contributed by atoms with Crippen LogP contribution in [0.3, 0.4) is 0 Å². The number of halogens is 1. The molecule has 138 valence electrons. The summed E-state index contributed by atoms with van der Waals surface area (Å²) < 4.78 is 20.2. The summed E-state index contributed by atoms with van der Waals surface area (Å²) in [5.41, 5.74) is -0.00625. The first-order chi connectivity index (χ1) is 12.5. The summed E-state index contributed by atoms with van der Waals surface area (Å²) in [7, 11) is 3.42. The van der Waals surface area contributed by atoms with Crippen molar-refractivity contribution in [2.45, 2.75) is 6.10 Å². The van der Waals surface area contributed by atoms with Crippen LogP contribution in [0.25, 0.3) is 0 Å². The molecule has 1 aliphatic heterocycles. The summed E-state index contributed by atoms with van der Waals surface area (Å²) in [6, 6.07) is 2.58. The van der Waals surface area contributed by atoms with Crippen LogP contribution in [0.4, 0.5) is 10.2 Å². The summed E-state index contributed by atoms with van der Waals surface area (Å²) in [5, 5.41) is 0. The molecule has 3 heterocycles. The first kappa shape index (κ1) is 18.0. The number of anilines is 1. The molecule has 9 heteroatoms. The lowest BCUT2D eigenvalue weighted by Crippen LogP contribution is -2.50.